The number of carbonyl (C=O) groups excluding carboxylic acids is 1. The molecule has 0 fully saturated rings. The zero-order valence-corrected chi connectivity index (χ0v) is 11.0. The van der Waals surface area contributed by atoms with Crippen LogP contribution in [-0.2, 0) is 11.3 Å². The van der Waals surface area contributed by atoms with E-state index in [4.69, 9.17) is 5.73 Å². The molecule has 0 saturated heterocycles. The smallest absolute Gasteiger partial charge is 0.422 e. The number of ether oxygens (including phenoxy) is 1. The van der Waals surface area contributed by atoms with Crippen molar-refractivity contribution in [3.8, 4) is 5.75 Å². The van der Waals surface area contributed by atoms with Gasteiger partial charge in [0.25, 0.3) is 0 Å². The van der Waals surface area contributed by atoms with E-state index < -0.39 is 18.8 Å². The van der Waals surface area contributed by atoms with E-state index in [9.17, 15) is 18.0 Å². The second kappa shape index (κ2) is 7.14. The second-order valence-electron chi connectivity index (χ2n) is 4.28. The van der Waals surface area contributed by atoms with Crippen LogP contribution in [0.4, 0.5) is 13.2 Å². The Hall–Kier alpha value is -1.76. The highest BCUT2D eigenvalue weighted by molar-refractivity contribution is 5.81. The zero-order valence-electron chi connectivity index (χ0n) is 11.0. The van der Waals surface area contributed by atoms with Gasteiger partial charge < -0.3 is 15.8 Å². The lowest BCUT2D eigenvalue weighted by Crippen LogP contribution is -2.39. The molecule has 0 radical (unpaired) electrons. The lowest BCUT2D eigenvalue weighted by atomic mass is 10.2. The molecule has 1 aromatic carbocycles. The predicted octanol–water partition coefficient (Wildman–Crippen LogP) is 1.98. The molecule has 4 nitrogen and oxygen atoms in total. The van der Waals surface area contributed by atoms with Gasteiger partial charge in [-0.3, -0.25) is 4.79 Å². The van der Waals surface area contributed by atoms with Gasteiger partial charge in [-0.1, -0.05) is 19.1 Å². The van der Waals surface area contributed by atoms with Crippen LogP contribution in [-0.4, -0.2) is 24.7 Å². The Morgan fingerprint density at radius 1 is 1.35 bits per heavy atom. The lowest BCUT2D eigenvalue weighted by Gasteiger charge is -2.11. The van der Waals surface area contributed by atoms with Crippen LogP contribution in [0.2, 0.25) is 0 Å². The number of rotatable bonds is 6. The van der Waals surface area contributed by atoms with Gasteiger partial charge in [0.2, 0.25) is 5.91 Å². The standard InChI is InChI=1S/C13H17F3N2O2/c1-2-11(17)12(19)18-7-9-3-5-10(6-4-9)20-8-13(14,15)16/h3-6,11H,2,7-8,17H2,1H3,(H,18,19)/t11-/m0/s1. The molecular weight excluding hydrogens is 273 g/mol. The first-order chi connectivity index (χ1) is 9.31. The van der Waals surface area contributed by atoms with E-state index in [1.165, 1.54) is 12.1 Å². The van der Waals surface area contributed by atoms with Crippen molar-refractivity contribution in [2.24, 2.45) is 5.73 Å². The van der Waals surface area contributed by atoms with Gasteiger partial charge in [-0.15, -0.1) is 0 Å². The third-order valence-electron chi connectivity index (χ3n) is 2.57. The van der Waals surface area contributed by atoms with Crippen LogP contribution in [0.15, 0.2) is 24.3 Å². The molecule has 0 heterocycles. The van der Waals surface area contributed by atoms with E-state index in [1.54, 1.807) is 19.1 Å². The van der Waals surface area contributed by atoms with Gasteiger partial charge in [0, 0.05) is 6.54 Å². The fourth-order valence-corrected chi connectivity index (χ4v) is 1.37. The number of alkyl halides is 3. The third kappa shape index (κ3) is 5.92. The summed E-state index contributed by atoms with van der Waals surface area (Å²) in [6.07, 6.45) is -3.82. The van der Waals surface area contributed by atoms with Crippen molar-refractivity contribution in [3.63, 3.8) is 0 Å². The number of hydrogen-bond donors (Lipinski definition) is 2. The molecule has 0 aliphatic carbocycles. The Bertz CT molecular complexity index is 432. The van der Waals surface area contributed by atoms with Crippen molar-refractivity contribution in [1.29, 1.82) is 0 Å². The average molecular weight is 290 g/mol. The summed E-state index contributed by atoms with van der Waals surface area (Å²) in [5.74, 6) is -0.132. The van der Waals surface area contributed by atoms with Gasteiger partial charge in [-0.2, -0.15) is 13.2 Å². The van der Waals surface area contributed by atoms with E-state index in [1.807, 2.05) is 0 Å². The Morgan fingerprint density at radius 2 is 1.95 bits per heavy atom. The summed E-state index contributed by atoms with van der Waals surface area (Å²) in [4.78, 5) is 11.4. The van der Waals surface area contributed by atoms with Crippen LogP contribution in [0.25, 0.3) is 0 Å². The molecular formula is C13H17F3N2O2. The van der Waals surface area contributed by atoms with E-state index in [2.05, 4.69) is 10.1 Å². The Morgan fingerprint density at radius 3 is 2.45 bits per heavy atom. The van der Waals surface area contributed by atoms with Crippen molar-refractivity contribution in [2.45, 2.75) is 32.1 Å². The number of carbonyl (C=O) groups is 1. The van der Waals surface area contributed by atoms with E-state index in [0.29, 0.717) is 6.42 Å². The van der Waals surface area contributed by atoms with Crippen LogP contribution in [0, 0.1) is 0 Å². The SMILES string of the molecule is CC[C@H](N)C(=O)NCc1ccc(OCC(F)(F)F)cc1. The maximum atomic E-state index is 12.0. The monoisotopic (exact) mass is 290 g/mol. The van der Waals surface area contributed by atoms with E-state index >= 15 is 0 Å². The molecule has 1 aromatic rings. The van der Waals surface area contributed by atoms with Gasteiger partial charge >= 0.3 is 6.18 Å². The van der Waals surface area contributed by atoms with Crippen LogP contribution in [0.1, 0.15) is 18.9 Å². The summed E-state index contributed by atoms with van der Waals surface area (Å²) in [6.45, 7) is 0.748. The molecule has 0 bridgehead atoms. The molecule has 1 atom stereocenters. The molecule has 7 heteroatoms. The summed E-state index contributed by atoms with van der Waals surface area (Å²) < 4.78 is 40.4. The minimum Gasteiger partial charge on any atom is -0.484 e. The fraction of sp³-hybridized carbons (Fsp3) is 0.462. The minimum atomic E-state index is -4.36. The number of amides is 1. The number of halogens is 3. The Kier molecular flexibility index (Phi) is 5.82. The maximum absolute atomic E-state index is 12.0. The quantitative estimate of drug-likeness (QED) is 0.842. The highest BCUT2D eigenvalue weighted by atomic mass is 19.4. The molecule has 0 spiro atoms. The summed E-state index contributed by atoms with van der Waals surface area (Å²) >= 11 is 0. The zero-order chi connectivity index (χ0) is 15.2. The first-order valence-electron chi connectivity index (χ1n) is 6.13. The van der Waals surface area contributed by atoms with Crippen molar-refractivity contribution in [2.75, 3.05) is 6.61 Å². The Balaban J connectivity index is 2.45. The molecule has 0 aliphatic heterocycles. The molecule has 1 rings (SSSR count). The number of nitrogens with one attached hydrogen (secondary N) is 1. The molecule has 0 saturated carbocycles. The summed E-state index contributed by atoms with van der Waals surface area (Å²) in [6, 6.07) is 5.47. The first-order valence-corrected chi connectivity index (χ1v) is 6.13. The molecule has 1 amide bonds. The van der Waals surface area contributed by atoms with Gasteiger partial charge in [0.05, 0.1) is 6.04 Å². The largest absolute Gasteiger partial charge is 0.484 e. The lowest BCUT2D eigenvalue weighted by molar-refractivity contribution is -0.153. The summed E-state index contributed by atoms with van der Waals surface area (Å²) in [7, 11) is 0. The average Bonchev–Trinajstić information content (AvgIpc) is 2.41. The van der Waals surface area contributed by atoms with Crippen LogP contribution < -0.4 is 15.8 Å². The summed E-state index contributed by atoms with van der Waals surface area (Å²) in [5, 5.41) is 2.64. The maximum Gasteiger partial charge on any atom is 0.422 e. The van der Waals surface area contributed by atoms with Gasteiger partial charge in [0.1, 0.15) is 5.75 Å². The van der Waals surface area contributed by atoms with Gasteiger partial charge in [-0.25, -0.2) is 0 Å². The van der Waals surface area contributed by atoms with E-state index in [0.717, 1.165) is 5.56 Å². The number of benzene rings is 1. The molecule has 3 N–H and O–H groups in total. The molecule has 20 heavy (non-hydrogen) atoms. The Labute approximate surface area is 115 Å². The number of hydrogen-bond acceptors (Lipinski definition) is 3. The first kappa shape index (κ1) is 16.3. The van der Waals surface area contributed by atoms with Crippen LogP contribution in [0.5, 0.6) is 5.75 Å². The molecule has 0 unspecified atom stereocenters. The fourth-order valence-electron chi connectivity index (χ4n) is 1.37. The molecule has 112 valence electrons. The predicted molar refractivity (Wildman–Crippen MR) is 68.1 cm³/mol. The minimum absolute atomic E-state index is 0.127. The third-order valence-corrected chi connectivity index (χ3v) is 2.57. The second-order valence-corrected chi connectivity index (χ2v) is 4.28. The topological polar surface area (TPSA) is 64.4 Å². The van der Waals surface area contributed by atoms with Crippen LogP contribution in [0.3, 0.4) is 0 Å². The van der Waals surface area contributed by atoms with Crippen molar-refractivity contribution < 1.29 is 22.7 Å². The van der Waals surface area contributed by atoms with Gasteiger partial charge in [-0.05, 0) is 24.1 Å². The van der Waals surface area contributed by atoms with Crippen molar-refractivity contribution in [3.05, 3.63) is 29.8 Å². The number of nitrogens with two attached hydrogens (primary N) is 1. The molecule has 0 aliphatic rings. The highest BCUT2D eigenvalue weighted by Crippen LogP contribution is 2.18. The van der Waals surface area contributed by atoms with Gasteiger partial charge in [0.15, 0.2) is 6.61 Å². The summed E-state index contributed by atoms with van der Waals surface area (Å²) in [5.41, 5.74) is 6.30. The normalized spacial score (nSPS) is 12.8. The van der Waals surface area contributed by atoms with Crippen molar-refractivity contribution in [1.82, 2.24) is 5.32 Å². The van der Waals surface area contributed by atoms with Crippen LogP contribution >= 0.6 is 0 Å². The van der Waals surface area contributed by atoms with Crippen molar-refractivity contribution >= 4 is 5.91 Å². The molecule has 0 aromatic heterocycles. The highest BCUT2D eigenvalue weighted by Gasteiger charge is 2.28. The van der Waals surface area contributed by atoms with E-state index in [-0.39, 0.29) is 18.2 Å².